The van der Waals surface area contributed by atoms with Crippen molar-refractivity contribution in [2.45, 2.75) is 46.5 Å². The lowest BCUT2D eigenvalue weighted by molar-refractivity contribution is -0.134. The summed E-state index contributed by atoms with van der Waals surface area (Å²) >= 11 is 0. The zero-order valence-corrected chi connectivity index (χ0v) is 15.3. The van der Waals surface area contributed by atoms with Gasteiger partial charge in [0.15, 0.2) is 0 Å². The number of aromatic nitrogens is 2. The van der Waals surface area contributed by atoms with Gasteiger partial charge in [0.2, 0.25) is 11.6 Å². The van der Waals surface area contributed by atoms with Crippen LogP contribution in [0.1, 0.15) is 42.8 Å². The second-order valence-electron chi connectivity index (χ2n) is 7.38. The molecule has 1 unspecified atom stereocenters. The molecule has 6 nitrogen and oxygen atoms in total. The number of furan rings is 1. The van der Waals surface area contributed by atoms with Crippen molar-refractivity contribution in [3.63, 3.8) is 0 Å². The number of amides is 1. The van der Waals surface area contributed by atoms with E-state index in [1.165, 1.54) is 0 Å². The minimum Gasteiger partial charge on any atom is -0.443 e. The molecular formula is C19H26N4O2. The first-order chi connectivity index (χ1) is 12.0. The molecule has 0 aromatic carbocycles. The van der Waals surface area contributed by atoms with Gasteiger partial charge in [0.25, 0.3) is 0 Å². The van der Waals surface area contributed by atoms with Crippen LogP contribution in [0.5, 0.6) is 0 Å². The van der Waals surface area contributed by atoms with Crippen LogP contribution in [-0.4, -0.2) is 47.0 Å². The highest BCUT2D eigenvalue weighted by Gasteiger charge is 2.32. The van der Waals surface area contributed by atoms with Crippen molar-refractivity contribution in [1.82, 2.24) is 14.9 Å². The molecule has 0 spiro atoms. The molecule has 0 bridgehead atoms. The molecule has 4 heterocycles. The van der Waals surface area contributed by atoms with Crippen molar-refractivity contribution in [3.05, 3.63) is 17.1 Å². The van der Waals surface area contributed by atoms with Gasteiger partial charge in [-0.3, -0.25) is 4.79 Å². The van der Waals surface area contributed by atoms with Crippen LogP contribution in [0.15, 0.2) is 4.42 Å². The minimum atomic E-state index is 0.0745. The maximum atomic E-state index is 12.8. The highest BCUT2D eigenvalue weighted by atomic mass is 16.3. The summed E-state index contributed by atoms with van der Waals surface area (Å²) in [5.74, 6) is 2.92. The predicted molar refractivity (Wildman–Crippen MR) is 96.8 cm³/mol. The summed E-state index contributed by atoms with van der Waals surface area (Å²) in [6, 6.07) is 0. The maximum absolute atomic E-state index is 12.8. The van der Waals surface area contributed by atoms with Crippen LogP contribution in [0.3, 0.4) is 0 Å². The summed E-state index contributed by atoms with van der Waals surface area (Å²) in [4.78, 5) is 26.3. The molecular weight excluding hydrogens is 316 g/mol. The molecule has 2 aromatic heterocycles. The number of nitrogens with zero attached hydrogens (tertiary/aromatic N) is 4. The van der Waals surface area contributed by atoms with Crippen LogP contribution in [0.25, 0.3) is 11.1 Å². The van der Waals surface area contributed by atoms with Gasteiger partial charge in [0, 0.05) is 31.7 Å². The first kappa shape index (κ1) is 16.4. The molecule has 2 saturated heterocycles. The molecule has 0 radical (unpaired) electrons. The second-order valence-corrected chi connectivity index (χ2v) is 7.38. The van der Waals surface area contributed by atoms with Crippen LogP contribution >= 0.6 is 0 Å². The lowest BCUT2D eigenvalue weighted by Crippen LogP contribution is -2.44. The summed E-state index contributed by atoms with van der Waals surface area (Å²) in [6.45, 7) is 9.43. The van der Waals surface area contributed by atoms with Crippen molar-refractivity contribution in [3.8, 4) is 0 Å². The lowest BCUT2D eigenvalue weighted by atomic mass is 9.96. The van der Waals surface area contributed by atoms with Gasteiger partial charge in [0.05, 0.1) is 11.3 Å². The molecule has 134 valence electrons. The number of carbonyl (C=O) groups is 1. The Kier molecular flexibility index (Phi) is 4.13. The highest BCUT2D eigenvalue weighted by Crippen LogP contribution is 2.33. The number of likely N-dealkylation sites (tertiary alicyclic amines) is 1. The molecule has 2 aromatic rings. The summed E-state index contributed by atoms with van der Waals surface area (Å²) in [6.07, 6.45) is 4.27. The fourth-order valence-corrected chi connectivity index (χ4v) is 4.13. The molecule has 2 fully saturated rings. The predicted octanol–water partition coefficient (Wildman–Crippen LogP) is 2.99. The third-order valence-electron chi connectivity index (χ3n) is 5.61. The van der Waals surface area contributed by atoms with Crippen LogP contribution in [0.4, 0.5) is 5.82 Å². The van der Waals surface area contributed by atoms with E-state index in [-0.39, 0.29) is 5.92 Å². The molecule has 25 heavy (non-hydrogen) atoms. The second kappa shape index (κ2) is 6.32. The van der Waals surface area contributed by atoms with E-state index in [4.69, 9.17) is 9.40 Å². The van der Waals surface area contributed by atoms with Gasteiger partial charge in [-0.2, -0.15) is 4.98 Å². The number of fused-ring (bicyclic) bond motifs is 1. The van der Waals surface area contributed by atoms with E-state index in [1.54, 1.807) is 0 Å². The fourth-order valence-electron chi connectivity index (χ4n) is 4.13. The molecule has 0 N–H and O–H groups in total. The fraction of sp³-hybridized carbons (Fsp3) is 0.632. The van der Waals surface area contributed by atoms with E-state index in [0.29, 0.717) is 17.4 Å². The average Bonchev–Trinajstić information content (AvgIpc) is 3.23. The number of piperidine rings is 1. The zero-order valence-electron chi connectivity index (χ0n) is 15.3. The summed E-state index contributed by atoms with van der Waals surface area (Å²) in [7, 11) is 0. The Hall–Kier alpha value is -2.11. The van der Waals surface area contributed by atoms with Crippen LogP contribution in [-0.2, 0) is 4.79 Å². The van der Waals surface area contributed by atoms with Crippen molar-refractivity contribution in [1.29, 1.82) is 0 Å². The number of hydrogen-bond acceptors (Lipinski definition) is 5. The summed E-state index contributed by atoms with van der Waals surface area (Å²) < 4.78 is 5.81. The minimum absolute atomic E-state index is 0.0745. The molecule has 1 atom stereocenters. The normalized spacial score (nSPS) is 21.3. The van der Waals surface area contributed by atoms with E-state index in [1.807, 2.05) is 18.7 Å². The van der Waals surface area contributed by atoms with E-state index >= 15 is 0 Å². The van der Waals surface area contributed by atoms with E-state index in [0.717, 1.165) is 74.4 Å². The summed E-state index contributed by atoms with van der Waals surface area (Å²) in [5.41, 5.74) is 1.75. The smallest absolute Gasteiger partial charge is 0.231 e. The summed E-state index contributed by atoms with van der Waals surface area (Å²) in [5, 5.41) is 0.998. The highest BCUT2D eigenvalue weighted by molar-refractivity contribution is 5.90. The standard InChI is InChI=1S/C19H26N4O2/c1-12-13(2)25-18-16(12)17(20-14(3)21-18)23-10-6-7-15(11-23)19(24)22-8-4-5-9-22/h15H,4-11H2,1-3H3. The van der Waals surface area contributed by atoms with Gasteiger partial charge in [-0.1, -0.05) is 0 Å². The van der Waals surface area contributed by atoms with Gasteiger partial charge >= 0.3 is 0 Å². The number of hydrogen-bond donors (Lipinski definition) is 0. The average molecular weight is 342 g/mol. The molecule has 6 heteroatoms. The van der Waals surface area contributed by atoms with Crippen molar-refractivity contribution < 1.29 is 9.21 Å². The van der Waals surface area contributed by atoms with Crippen molar-refractivity contribution >= 4 is 22.8 Å². The van der Waals surface area contributed by atoms with Crippen LogP contribution in [0, 0.1) is 26.7 Å². The topological polar surface area (TPSA) is 62.5 Å². The van der Waals surface area contributed by atoms with Crippen LogP contribution in [0.2, 0.25) is 0 Å². The van der Waals surface area contributed by atoms with E-state index in [2.05, 4.69) is 16.8 Å². The Bertz CT molecular complexity index is 807. The van der Waals surface area contributed by atoms with Crippen LogP contribution < -0.4 is 4.90 Å². The van der Waals surface area contributed by atoms with E-state index < -0.39 is 0 Å². The monoisotopic (exact) mass is 342 g/mol. The van der Waals surface area contributed by atoms with Gasteiger partial charge in [-0.05, 0) is 46.5 Å². The first-order valence-electron chi connectivity index (χ1n) is 9.32. The lowest BCUT2D eigenvalue weighted by Gasteiger charge is -2.35. The largest absolute Gasteiger partial charge is 0.443 e. The molecule has 0 saturated carbocycles. The number of carbonyl (C=O) groups excluding carboxylic acids is 1. The van der Waals surface area contributed by atoms with Crippen molar-refractivity contribution in [2.24, 2.45) is 5.92 Å². The number of anilines is 1. The quantitative estimate of drug-likeness (QED) is 0.839. The Balaban J connectivity index is 1.65. The van der Waals surface area contributed by atoms with Gasteiger partial charge < -0.3 is 14.2 Å². The van der Waals surface area contributed by atoms with Gasteiger partial charge in [-0.15, -0.1) is 0 Å². The molecule has 4 rings (SSSR count). The van der Waals surface area contributed by atoms with Gasteiger partial charge in [0.1, 0.15) is 17.4 Å². The third kappa shape index (κ3) is 2.87. The molecule has 1 amide bonds. The zero-order chi connectivity index (χ0) is 17.6. The third-order valence-corrected chi connectivity index (χ3v) is 5.61. The Labute approximate surface area is 148 Å². The SMILES string of the molecule is Cc1nc(N2CCCC(C(=O)N3CCCC3)C2)c2c(C)c(C)oc2n1. The Morgan fingerprint density at radius 1 is 1.08 bits per heavy atom. The van der Waals surface area contributed by atoms with E-state index in [9.17, 15) is 4.79 Å². The number of rotatable bonds is 2. The Morgan fingerprint density at radius 3 is 2.60 bits per heavy atom. The van der Waals surface area contributed by atoms with Crippen molar-refractivity contribution in [2.75, 3.05) is 31.1 Å². The maximum Gasteiger partial charge on any atom is 0.231 e. The first-order valence-corrected chi connectivity index (χ1v) is 9.32. The molecule has 2 aliphatic heterocycles. The molecule has 0 aliphatic carbocycles. The van der Waals surface area contributed by atoms with Gasteiger partial charge in [-0.25, -0.2) is 4.98 Å². The number of aryl methyl sites for hydroxylation is 3. The molecule has 2 aliphatic rings. The Morgan fingerprint density at radius 2 is 1.84 bits per heavy atom.